The second-order valence-electron chi connectivity index (χ2n) is 5.90. The average molecular weight is 250 g/mol. The number of benzene rings is 1. The predicted molar refractivity (Wildman–Crippen MR) is 74.1 cm³/mol. The van der Waals surface area contributed by atoms with Crippen LogP contribution in [-0.4, -0.2) is 30.5 Å². The summed E-state index contributed by atoms with van der Waals surface area (Å²) in [5.74, 6) is 0. The largest absolute Gasteiger partial charge is 0.309 e. The van der Waals surface area contributed by atoms with Crippen LogP contribution in [0, 0.1) is 10.1 Å². The van der Waals surface area contributed by atoms with Crippen molar-refractivity contribution in [1.29, 1.82) is 0 Å². The highest BCUT2D eigenvalue weighted by molar-refractivity contribution is 5.45. The summed E-state index contributed by atoms with van der Waals surface area (Å²) in [6.07, 6.45) is 0.702. The van der Waals surface area contributed by atoms with Crippen molar-refractivity contribution in [3.8, 4) is 0 Å². The quantitative estimate of drug-likeness (QED) is 0.609. The van der Waals surface area contributed by atoms with Crippen LogP contribution in [0.1, 0.15) is 31.9 Å². The van der Waals surface area contributed by atoms with Crippen molar-refractivity contribution >= 4 is 5.69 Å². The summed E-state index contributed by atoms with van der Waals surface area (Å²) in [7, 11) is 3.94. The molecule has 0 heterocycles. The van der Waals surface area contributed by atoms with E-state index >= 15 is 0 Å². The lowest BCUT2D eigenvalue weighted by molar-refractivity contribution is -0.385. The van der Waals surface area contributed by atoms with E-state index in [4.69, 9.17) is 0 Å². The van der Waals surface area contributed by atoms with Gasteiger partial charge in [-0.25, -0.2) is 0 Å². The molecule has 0 atom stereocenters. The van der Waals surface area contributed by atoms with Crippen LogP contribution in [0.15, 0.2) is 18.2 Å². The van der Waals surface area contributed by atoms with E-state index in [2.05, 4.69) is 20.8 Å². The lowest BCUT2D eigenvalue weighted by Crippen LogP contribution is -2.16. The van der Waals surface area contributed by atoms with Gasteiger partial charge in [0.1, 0.15) is 0 Å². The topological polar surface area (TPSA) is 46.4 Å². The molecule has 0 amide bonds. The normalized spacial score (nSPS) is 11.9. The molecule has 18 heavy (non-hydrogen) atoms. The lowest BCUT2D eigenvalue weighted by Gasteiger charge is -2.19. The van der Waals surface area contributed by atoms with Gasteiger partial charge in [-0.15, -0.1) is 0 Å². The summed E-state index contributed by atoms with van der Waals surface area (Å²) >= 11 is 0. The molecule has 1 rings (SSSR count). The van der Waals surface area contributed by atoms with Gasteiger partial charge in [-0.2, -0.15) is 0 Å². The number of hydrogen-bond acceptors (Lipinski definition) is 3. The Morgan fingerprint density at radius 3 is 2.33 bits per heavy atom. The van der Waals surface area contributed by atoms with Crippen LogP contribution in [0.25, 0.3) is 0 Å². The van der Waals surface area contributed by atoms with Crippen LogP contribution in [0.5, 0.6) is 0 Å². The first-order chi connectivity index (χ1) is 8.21. The minimum atomic E-state index is -0.278. The van der Waals surface area contributed by atoms with E-state index in [1.807, 2.05) is 31.1 Å². The molecular formula is C14H22N2O2. The fourth-order valence-corrected chi connectivity index (χ4v) is 1.76. The van der Waals surface area contributed by atoms with Crippen molar-refractivity contribution in [3.63, 3.8) is 0 Å². The van der Waals surface area contributed by atoms with Gasteiger partial charge in [-0.3, -0.25) is 10.1 Å². The van der Waals surface area contributed by atoms with Gasteiger partial charge in [0.2, 0.25) is 0 Å². The predicted octanol–water partition coefficient (Wildman–Crippen LogP) is 3.00. The molecule has 0 unspecified atom stereocenters. The average Bonchev–Trinajstić information content (AvgIpc) is 2.24. The van der Waals surface area contributed by atoms with Crippen LogP contribution in [0.3, 0.4) is 0 Å². The Labute approximate surface area is 109 Å². The standard InChI is InChI=1S/C14H22N2O2/c1-14(2,3)12-7-6-11(8-9-15(4)5)13(10-12)16(17)18/h6-7,10H,8-9H2,1-5H3. The molecule has 0 aliphatic heterocycles. The monoisotopic (exact) mass is 250 g/mol. The number of nitro groups is 1. The summed E-state index contributed by atoms with van der Waals surface area (Å²) in [5.41, 5.74) is 1.99. The number of likely N-dealkylation sites (N-methyl/N-ethyl adjacent to an activating group) is 1. The highest BCUT2D eigenvalue weighted by atomic mass is 16.6. The molecule has 1 aromatic rings. The lowest BCUT2D eigenvalue weighted by atomic mass is 9.86. The van der Waals surface area contributed by atoms with Gasteiger partial charge in [0.25, 0.3) is 5.69 Å². The minimum absolute atomic E-state index is 0.0646. The molecule has 4 heteroatoms. The molecule has 1 aromatic carbocycles. The molecule has 100 valence electrons. The summed E-state index contributed by atoms with van der Waals surface area (Å²) in [5, 5.41) is 11.1. The molecule has 0 saturated carbocycles. The van der Waals surface area contributed by atoms with E-state index in [1.54, 1.807) is 6.07 Å². The maximum atomic E-state index is 11.1. The minimum Gasteiger partial charge on any atom is -0.309 e. The Bertz CT molecular complexity index is 434. The third kappa shape index (κ3) is 3.81. The Morgan fingerprint density at radius 1 is 1.28 bits per heavy atom. The summed E-state index contributed by atoms with van der Waals surface area (Å²) in [4.78, 5) is 12.9. The molecule has 0 aliphatic rings. The van der Waals surface area contributed by atoms with Crippen LogP contribution in [0.4, 0.5) is 5.69 Å². The summed E-state index contributed by atoms with van der Waals surface area (Å²) < 4.78 is 0. The molecule has 0 N–H and O–H groups in total. The van der Waals surface area contributed by atoms with Crippen molar-refractivity contribution < 1.29 is 4.92 Å². The smallest absolute Gasteiger partial charge is 0.272 e. The van der Waals surface area contributed by atoms with Gasteiger partial charge in [0, 0.05) is 18.2 Å². The zero-order valence-corrected chi connectivity index (χ0v) is 11.9. The first-order valence-electron chi connectivity index (χ1n) is 6.14. The van der Waals surface area contributed by atoms with Gasteiger partial charge >= 0.3 is 0 Å². The molecule has 4 nitrogen and oxygen atoms in total. The fraction of sp³-hybridized carbons (Fsp3) is 0.571. The van der Waals surface area contributed by atoms with E-state index in [1.165, 1.54) is 0 Å². The molecular weight excluding hydrogens is 228 g/mol. The maximum absolute atomic E-state index is 11.1. The number of hydrogen-bond donors (Lipinski definition) is 0. The van der Waals surface area contributed by atoms with E-state index in [0.717, 1.165) is 17.7 Å². The molecule has 0 aromatic heterocycles. The van der Waals surface area contributed by atoms with Crippen molar-refractivity contribution in [2.24, 2.45) is 0 Å². The van der Waals surface area contributed by atoms with Crippen LogP contribution in [-0.2, 0) is 11.8 Å². The summed E-state index contributed by atoms with van der Waals surface area (Å²) in [6.45, 7) is 7.00. The summed E-state index contributed by atoms with van der Waals surface area (Å²) in [6, 6.07) is 5.60. The molecule has 0 bridgehead atoms. The third-order valence-electron chi connectivity index (χ3n) is 2.98. The van der Waals surface area contributed by atoms with Gasteiger partial charge in [0.15, 0.2) is 0 Å². The van der Waals surface area contributed by atoms with E-state index < -0.39 is 0 Å². The molecule has 0 spiro atoms. The number of nitro benzene ring substituents is 1. The van der Waals surface area contributed by atoms with Gasteiger partial charge in [0.05, 0.1) is 4.92 Å². The second kappa shape index (κ2) is 5.48. The van der Waals surface area contributed by atoms with Crippen molar-refractivity contribution in [3.05, 3.63) is 39.4 Å². The first-order valence-corrected chi connectivity index (χ1v) is 6.14. The zero-order valence-electron chi connectivity index (χ0n) is 11.9. The van der Waals surface area contributed by atoms with Gasteiger partial charge in [-0.05, 0) is 31.5 Å². The van der Waals surface area contributed by atoms with Crippen molar-refractivity contribution in [2.45, 2.75) is 32.6 Å². The molecule has 0 fully saturated rings. The third-order valence-corrected chi connectivity index (χ3v) is 2.98. The fourth-order valence-electron chi connectivity index (χ4n) is 1.76. The van der Waals surface area contributed by atoms with Crippen LogP contribution < -0.4 is 0 Å². The zero-order chi connectivity index (χ0) is 13.9. The number of rotatable bonds is 4. The Morgan fingerprint density at radius 2 is 1.89 bits per heavy atom. The molecule has 0 saturated heterocycles. The first kappa shape index (κ1) is 14.6. The second-order valence-corrected chi connectivity index (χ2v) is 5.90. The Balaban J connectivity index is 3.09. The highest BCUT2D eigenvalue weighted by Crippen LogP contribution is 2.28. The van der Waals surface area contributed by atoms with E-state index in [9.17, 15) is 10.1 Å². The van der Waals surface area contributed by atoms with E-state index in [0.29, 0.717) is 6.42 Å². The maximum Gasteiger partial charge on any atom is 0.272 e. The van der Waals surface area contributed by atoms with Gasteiger partial charge < -0.3 is 4.90 Å². The highest BCUT2D eigenvalue weighted by Gasteiger charge is 2.20. The van der Waals surface area contributed by atoms with Crippen molar-refractivity contribution in [1.82, 2.24) is 4.90 Å². The van der Waals surface area contributed by atoms with Crippen LogP contribution >= 0.6 is 0 Å². The Kier molecular flexibility index (Phi) is 4.46. The molecule has 0 radical (unpaired) electrons. The van der Waals surface area contributed by atoms with Crippen LogP contribution in [0.2, 0.25) is 0 Å². The number of nitrogens with zero attached hydrogens (tertiary/aromatic N) is 2. The SMILES string of the molecule is CN(C)CCc1ccc(C(C)(C)C)cc1[N+](=O)[O-]. The van der Waals surface area contributed by atoms with E-state index in [-0.39, 0.29) is 16.0 Å². The van der Waals surface area contributed by atoms with Crippen molar-refractivity contribution in [2.75, 3.05) is 20.6 Å². The Hall–Kier alpha value is -1.42. The molecule has 0 aliphatic carbocycles. The van der Waals surface area contributed by atoms with Gasteiger partial charge in [-0.1, -0.05) is 32.9 Å².